The minimum Gasteiger partial charge on any atom is -0.376 e. The average Bonchev–Trinajstić information content (AvgIpc) is 2.70. The van der Waals surface area contributed by atoms with Crippen LogP contribution >= 0.6 is 0 Å². The topological polar surface area (TPSA) is 40.7 Å². The second kappa shape index (κ2) is 4.13. The van der Waals surface area contributed by atoms with Crippen LogP contribution in [0.3, 0.4) is 0 Å². The van der Waals surface area contributed by atoms with Gasteiger partial charge in [-0.2, -0.15) is 5.10 Å². The van der Waals surface area contributed by atoms with E-state index in [2.05, 4.69) is 15.5 Å². The summed E-state index contributed by atoms with van der Waals surface area (Å²) in [6.45, 7) is 1.97. The van der Waals surface area contributed by atoms with Crippen LogP contribution in [-0.4, -0.2) is 10.2 Å². The molecule has 2 rings (SSSR count). The molecule has 15 heavy (non-hydrogen) atoms. The third kappa shape index (κ3) is 2.34. The summed E-state index contributed by atoms with van der Waals surface area (Å²) in [5.41, 5.74) is 1.81. The fraction of sp³-hybridized carbons (Fsp3) is 0.182. The molecule has 0 amide bonds. The Morgan fingerprint density at radius 3 is 3.00 bits per heavy atom. The van der Waals surface area contributed by atoms with Crippen LogP contribution in [0, 0.1) is 5.82 Å². The second-order valence-electron chi connectivity index (χ2n) is 3.41. The predicted molar refractivity (Wildman–Crippen MR) is 57.0 cm³/mol. The highest BCUT2D eigenvalue weighted by molar-refractivity contribution is 5.40. The van der Waals surface area contributed by atoms with E-state index in [1.165, 1.54) is 12.1 Å². The van der Waals surface area contributed by atoms with Crippen LogP contribution in [0.15, 0.2) is 36.7 Å². The summed E-state index contributed by atoms with van der Waals surface area (Å²) in [5, 5.41) is 9.74. The van der Waals surface area contributed by atoms with Crippen LogP contribution in [0.25, 0.3) is 0 Å². The molecule has 0 saturated carbocycles. The Labute approximate surface area is 87.3 Å². The van der Waals surface area contributed by atoms with Gasteiger partial charge in [0.05, 0.1) is 11.9 Å². The number of aromatic nitrogens is 2. The van der Waals surface area contributed by atoms with Gasteiger partial charge in [-0.3, -0.25) is 5.10 Å². The third-order valence-corrected chi connectivity index (χ3v) is 2.23. The lowest BCUT2D eigenvalue weighted by Crippen LogP contribution is -2.05. The first kappa shape index (κ1) is 9.71. The van der Waals surface area contributed by atoms with Gasteiger partial charge in [-0.05, 0) is 24.6 Å². The monoisotopic (exact) mass is 205 g/mol. The minimum absolute atomic E-state index is 0.0540. The third-order valence-electron chi connectivity index (χ3n) is 2.23. The van der Waals surface area contributed by atoms with Crippen LogP contribution in [-0.2, 0) is 0 Å². The zero-order valence-corrected chi connectivity index (χ0v) is 8.37. The van der Waals surface area contributed by atoms with E-state index < -0.39 is 0 Å². The lowest BCUT2D eigenvalue weighted by atomic mass is 10.1. The number of hydrogen-bond donors (Lipinski definition) is 2. The van der Waals surface area contributed by atoms with Gasteiger partial charge in [-0.1, -0.05) is 12.1 Å². The number of hydrogen-bond acceptors (Lipinski definition) is 2. The maximum Gasteiger partial charge on any atom is 0.123 e. The maximum atomic E-state index is 13.0. The van der Waals surface area contributed by atoms with E-state index in [-0.39, 0.29) is 11.9 Å². The number of anilines is 1. The van der Waals surface area contributed by atoms with Crippen molar-refractivity contribution in [2.45, 2.75) is 13.0 Å². The molecule has 3 nitrogen and oxygen atoms in total. The lowest BCUT2D eigenvalue weighted by Gasteiger charge is -2.13. The van der Waals surface area contributed by atoms with Crippen molar-refractivity contribution in [3.05, 3.63) is 48.0 Å². The number of nitrogens with one attached hydrogen (secondary N) is 2. The van der Waals surface area contributed by atoms with Gasteiger partial charge in [0.15, 0.2) is 0 Å². The van der Waals surface area contributed by atoms with Gasteiger partial charge in [-0.15, -0.1) is 0 Å². The molecule has 0 radical (unpaired) electrons. The van der Waals surface area contributed by atoms with Crippen molar-refractivity contribution in [1.82, 2.24) is 10.2 Å². The van der Waals surface area contributed by atoms with Crippen molar-refractivity contribution in [2.24, 2.45) is 0 Å². The Bertz CT molecular complexity index is 425. The zero-order valence-electron chi connectivity index (χ0n) is 8.37. The zero-order chi connectivity index (χ0) is 10.7. The summed E-state index contributed by atoms with van der Waals surface area (Å²) in [6, 6.07) is 6.61. The van der Waals surface area contributed by atoms with E-state index in [1.807, 2.05) is 13.0 Å². The number of nitrogens with zero attached hydrogens (tertiary/aromatic N) is 1. The van der Waals surface area contributed by atoms with Gasteiger partial charge in [-0.25, -0.2) is 4.39 Å². The first-order chi connectivity index (χ1) is 7.25. The van der Waals surface area contributed by atoms with E-state index >= 15 is 0 Å². The van der Waals surface area contributed by atoms with Crippen LogP contribution in [0.4, 0.5) is 10.1 Å². The molecule has 0 saturated heterocycles. The molecule has 0 bridgehead atoms. The average molecular weight is 205 g/mol. The summed E-state index contributed by atoms with van der Waals surface area (Å²) in [5.74, 6) is -0.214. The molecule has 78 valence electrons. The minimum atomic E-state index is -0.214. The number of benzene rings is 1. The SMILES string of the molecule is CC(Nc1cn[nH]c1)c1cccc(F)c1. The Hall–Kier alpha value is -1.84. The van der Waals surface area contributed by atoms with Gasteiger partial charge < -0.3 is 5.32 Å². The number of H-pyrrole nitrogens is 1. The first-order valence-electron chi connectivity index (χ1n) is 4.76. The molecule has 0 aliphatic carbocycles. The summed E-state index contributed by atoms with van der Waals surface area (Å²) >= 11 is 0. The van der Waals surface area contributed by atoms with Crippen LogP contribution in [0.5, 0.6) is 0 Å². The van der Waals surface area contributed by atoms with Crippen molar-refractivity contribution in [3.63, 3.8) is 0 Å². The highest BCUT2D eigenvalue weighted by Gasteiger charge is 2.06. The van der Waals surface area contributed by atoms with Crippen molar-refractivity contribution < 1.29 is 4.39 Å². The Balaban J connectivity index is 2.11. The number of rotatable bonds is 3. The van der Waals surface area contributed by atoms with Gasteiger partial charge >= 0.3 is 0 Å². The summed E-state index contributed by atoms with van der Waals surface area (Å²) in [4.78, 5) is 0. The van der Waals surface area contributed by atoms with E-state index in [1.54, 1.807) is 18.5 Å². The summed E-state index contributed by atoms with van der Waals surface area (Å²) in [7, 11) is 0. The Kier molecular flexibility index (Phi) is 2.67. The molecular weight excluding hydrogens is 193 g/mol. The quantitative estimate of drug-likeness (QED) is 0.808. The molecule has 1 atom stereocenters. The van der Waals surface area contributed by atoms with Gasteiger partial charge in [0, 0.05) is 12.2 Å². The van der Waals surface area contributed by atoms with Crippen LogP contribution in [0.2, 0.25) is 0 Å². The van der Waals surface area contributed by atoms with Crippen LogP contribution < -0.4 is 5.32 Å². The maximum absolute atomic E-state index is 13.0. The molecule has 1 heterocycles. The number of aromatic amines is 1. The van der Waals surface area contributed by atoms with Crippen molar-refractivity contribution in [1.29, 1.82) is 0 Å². The van der Waals surface area contributed by atoms with Crippen molar-refractivity contribution in [3.8, 4) is 0 Å². The van der Waals surface area contributed by atoms with Gasteiger partial charge in [0.25, 0.3) is 0 Å². The molecule has 0 spiro atoms. The highest BCUT2D eigenvalue weighted by Crippen LogP contribution is 2.18. The molecule has 2 N–H and O–H groups in total. The standard InChI is InChI=1S/C11H12FN3/c1-8(15-11-6-13-14-7-11)9-3-2-4-10(12)5-9/h2-8,15H,1H3,(H,13,14). The van der Waals surface area contributed by atoms with E-state index in [0.29, 0.717) is 0 Å². The molecule has 1 aromatic heterocycles. The summed E-state index contributed by atoms with van der Waals surface area (Å²) in [6.07, 6.45) is 3.45. The first-order valence-corrected chi connectivity index (χ1v) is 4.76. The molecule has 1 aromatic carbocycles. The molecule has 0 fully saturated rings. The smallest absolute Gasteiger partial charge is 0.123 e. The van der Waals surface area contributed by atoms with Gasteiger partial charge in [0.2, 0.25) is 0 Å². The van der Waals surface area contributed by atoms with E-state index in [0.717, 1.165) is 11.3 Å². The molecule has 4 heteroatoms. The molecular formula is C11H12FN3. The Morgan fingerprint density at radius 1 is 1.47 bits per heavy atom. The summed E-state index contributed by atoms with van der Waals surface area (Å²) < 4.78 is 13.0. The van der Waals surface area contributed by atoms with Crippen molar-refractivity contribution >= 4 is 5.69 Å². The Morgan fingerprint density at radius 2 is 2.33 bits per heavy atom. The molecule has 0 aliphatic heterocycles. The molecule has 0 aliphatic rings. The highest BCUT2D eigenvalue weighted by atomic mass is 19.1. The fourth-order valence-corrected chi connectivity index (χ4v) is 1.44. The predicted octanol–water partition coefficient (Wildman–Crippen LogP) is 2.72. The fourth-order valence-electron chi connectivity index (χ4n) is 1.44. The lowest BCUT2D eigenvalue weighted by molar-refractivity contribution is 0.623. The molecule has 2 aromatic rings. The van der Waals surface area contributed by atoms with Crippen LogP contribution in [0.1, 0.15) is 18.5 Å². The van der Waals surface area contributed by atoms with E-state index in [9.17, 15) is 4.39 Å². The molecule has 1 unspecified atom stereocenters. The van der Waals surface area contributed by atoms with Crippen molar-refractivity contribution in [2.75, 3.05) is 5.32 Å². The largest absolute Gasteiger partial charge is 0.376 e. The number of halogens is 1. The van der Waals surface area contributed by atoms with Gasteiger partial charge in [0.1, 0.15) is 5.82 Å². The normalized spacial score (nSPS) is 12.4. The second-order valence-corrected chi connectivity index (χ2v) is 3.41. The van der Waals surface area contributed by atoms with E-state index in [4.69, 9.17) is 0 Å².